The van der Waals surface area contributed by atoms with Crippen LogP contribution in [-0.2, 0) is 0 Å². The van der Waals surface area contributed by atoms with Gasteiger partial charge in [-0.25, -0.2) is 0 Å². The molecule has 0 radical (unpaired) electrons. The number of carbonyl (C=O) groups excluding carboxylic acids is 2. The fourth-order valence-electron chi connectivity index (χ4n) is 1.16. The summed E-state index contributed by atoms with van der Waals surface area (Å²) in [4.78, 5) is 21.8. The Morgan fingerprint density at radius 3 is 2.54 bits per heavy atom. The molecule has 2 nitrogen and oxygen atoms in total. The molecule has 68 valence electrons. The van der Waals surface area contributed by atoms with Gasteiger partial charge in [-0.15, -0.1) is 0 Å². The molecule has 0 aliphatic heterocycles. The van der Waals surface area contributed by atoms with Gasteiger partial charge in [-0.05, 0) is 31.5 Å². The van der Waals surface area contributed by atoms with Gasteiger partial charge in [0.25, 0.3) is 0 Å². The second kappa shape index (κ2) is 3.83. The van der Waals surface area contributed by atoms with Crippen molar-refractivity contribution in [1.82, 2.24) is 0 Å². The maximum absolute atomic E-state index is 11.1. The van der Waals surface area contributed by atoms with Crippen molar-refractivity contribution < 1.29 is 9.59 Å². The molecule has 0 bridgehead atoms. The van der Waals surface area contributed by atoms with Crippen molar-refractivity contribution in [1.29, 1.82) is 0 Å². The lowest BCUT2D eigenvalue weighted by atomic mass is 10.0. The third-order valence-corrected chi connectivity index (χ3v) is 2.80. The van der Waals surface area contributed by atoms with Gasteiger partial charge in [-0.3, -0.25) is 9.59 Å². The second-order valence-electron chi connectivity index (χ2n) is 2.81. The molecular weight excluding hydrogens is 232 g/mol. The van der Waals surface area contributed by atoms with E-state index in [1.165, 1.54) is 6.92 Å². The van der Waals surface area contributed by atoms with Crippen molar-refractivity contribution in [2.75, 3.05) is 0 Å². The van der Waals surface area contributed by atoms with Crippen molar-refractivity contribution in [3.8, 4) is 0 Å². The van der Waals surface area contributed by atoms with Gasteiger partial charge in [0.1, 0.15) is 0 Å². The molecule has 0 saturated carbocycles. The lowest BCUT2D eigenvalue weighted by Crippen LogP contribution is -2.01. The monoisotopic (exact) mass is 240 g/mol. The quantitative estimate of drug-likeness (QED) is 0.589. The lowest BCUT2D eigenvalue weighted by molar-refractivity contribution is 0.100. The summed E-state index contributed by atoms with van der Waals surface area (Å²) in [6, 6.07) is 3.43. The van der Waals surface area contributed by atoms with E-state index < -0.39 is 0 Å². The normalized spacial score (nSPS) is 9.77. The number of hydrogen-bond donors (Lipinski definition) is 0. The number of ketones is 1. The first-order valence-electron chi connectivity index (χ1n) is 3.83. The van der Waals surface area contributed by atoms with Gasteiger partial charge in [0.2, 0.25) is 0 Å². The molecule has 0 aromatic heterocycles. The molecule has 0 amide bonds. The van der Waals surface area contributed by atoms with E-state index in [4.69, 9.17) is 0 Å². The van der Waals surface area contributed by atoms with Crippen LogP contribution in [0.15, 0.2) is 16.6 Å². The van der Waals surface area contributed by atoms with E-state index in [0.29, 0.717) is 11.1 Å². The smallest absolute Gasteiger partial charge is 0.160 e. The molecule has 1 aromatic rings. The van der Waals surface area contributed by atoms with Crippen LogP contribution in [0, 0.1) is 6.92 Å². The summed E-state index contributed by atoms with van der Waals surface area (Å²) in [6.45, 7) is 3.26. The summed E-state index contributed by atoms with van der Waals surface area (Å²) in [5.74, 6) is -0.0855. The van der Waals surface area contributed by atoms with Gasteiger partial charge in [-0.1, -0.05) is 15.9 Å². The van der Waals surface area contributed by atoms with E-state index >= 15 is 0 Å². The zero-order valence-electron chi connectivity index (χ0n) is 7.43. The molecule has 0 aliphatic rings. The predicted molar refractivity (Wildman–Crippen MR) is 54.3 cm³/mol. The number of Topliss-reactive ketones (excluding diaryl/α,β-unsaturated/α-hetero) is 1. The molecule has 1 rings (SSSR count). The first-order valence-corrected chi connectivity index (χ1v) is 4.62. The molecule has 0 aliphatic carbocycles. The van der Waals surface area contributed by atoms with Crippen LogP contribution in [0.2, 0.25) is 0 Å². The van der Waals surface area contributed by atoms with E-state index in [1.807, 2.05) is 0 Å². The maximum atomic E-state index is 11.1. The van der Waals surface area contributed by atoms with Crippen LogP contribution in [0.3, 0.4) is 0 Å². The molecule has 0 heterocycles. The van der Waals surface area contributed by atoms with Crippen LogP contribution < -0.4 is 0 Å². The molecule has 0 N–H and O–H groups in total. The summed E-state index contributed by atoms with van der Waals surface area (Å²) in [5.41, 5.74) is 1.76. The minimum absolute atomic E-state index is 0.0855. The largest absolute Gasteiger partial charge is 0.298 e. The van der Waals surface area contributed by atoms with Gasteiger partial charge in [0.05, 0.1) is 0 Å². The SMILES string of the molecule is CC(=O)c1ccc(Br)c(C)c1C=O. The number of carbonyl (C=O) groups is 2. The summed E-state index contributed by atoms with van der Waals surface area (Å²) >= 11 is 3.30. The average molecular weight is 241 g/mol. The molecule has 0 spiro atoms. The van der Waals surface area contributed by atoms with Crippen molar-refractivity contribution in [3.63, 3.8) is 0 Å². The Balaban J connectivity index is 3.47. The molecule has 3 heteroatoms. The highest BCUT2D eigenvalue weighted by Crippen LogP contribution is 2.22. The predicted octanol–water partition coefficient (Wildman–Crippen LogP) is 2.77. The summed E-state index contributed by atoms with van der Waals surface area (Å²) < 4.78 is 0.847. The van der Waals surface area contributed by atoms with Crippen LogP contribution in [0.5, 0.6) is 0 Å². The van der Waals surface area contributed by atoms with E-state index in [1.54, 1.807) is 19.1 Å². The van der Waals surface area contributed by atoms with Crippen LogP contribution >= 0.6 is 15.9 Å². The van der Waals surface area contributed by atoms with Gasteiger partial charge >= 0.3 is 0 Å². The highest BCUT2D eigenvalue weighted by Gasteiger charge is 2.10. The van der Waals surface area contributed by atoms with E-state index in [-0.39, 0.29) is 5.78 Å². The first-order chi connectivity index (χ1) is 6.07. The maximum Gasteiger partial charge on any atom is 0.160 e. The van der Waals surface area contributed by atoms with Gasteiger partial charge < -0.3 is 0 Å². The van der Waals surface area contributed by atoms with E-state index in [2.05, 4.69) is 15.9 Å². The average Bonchev–Trinajstić information content (AvgIpc) is 2.09. The number of aldehydes is 1. The number of hydrogen-bond acceptors (Lipinski definition) is 2. The summed E-state index contributed by atoms with van der Waals surface area (Å²) in [5, 5.41) is 0. The van der Waals surface area contributed by atoms with Crippen molar-refractivity contribution >= 4 is 28.0 Å². The Hall–Kier alpha value is -0.960. The zero-order chi connectivity index (χ0) is 10.0. The van der Waals surface area contributed by atoms with Crippen LogP contribution in [0.4, 0.5) is 0 Å². The fourth-order valence-corrected chi connectivity index (χ4v) is 1.51. The summed E-state index contributed by atoms with van der Waals surface area (Å²) in [6.07, 6.45) is 0.719. The number of rotatable bonds is 2. The Kier molecular flexibility index (Phi) is 2.98. The van der Waals surface area contributed by atoms with Crippen molar-refractivity contribution in [3.05, 3.63) is 33.3 Å². The third kappa shape index (κ3) is 1.86. The minimum atomic E-state index is -0.0855. The molecule has 0 fully saturated rings. The molecule has 13 heavy (non-hydrogen) atoms. The molecule has 0 unspecified atom stereocenters. The molecule has 0 saturated heterocycles. The zero-order valence-corrected chi connectivity index (χ0v) is 9.01. The number of halogens is 1. The van der Waals surface area contributed by atoms with Crippen molar-refractivity contribution in [2.45, 2.75) is 13.8 Å². The van der Waals surface area contributed by atoms with Crippen LogP contribution in [0.1, 0.15) is 33.2 Å². The van der Waals surface area contributed by atoms with Gasteiger partial charge in [0, 0.05) is 15.6 Å². The van der Waals surface area contributed by atoms with Crippen LogP contribution in [0.25, 0.3) is 0 Å². The Labute approximate surface area is 85.1 Å². The van der Waals surface area contributed by atoms with Gasteiger partial charge in [-0.2, -0.15) is 0 Å². The number of benzene rings is 1. The third-order valence-electron chi connectivity index (χ3n) is 1.95. The Morgan fingerprint density at radius 2 is 2.08 bits per heavy atom. The first kappa shape index (κ1) is 10.1. The van der Waals surface area contributed by atoms with E-state index in [0.717, 1.165) is 16.3 Å². The van der Waals surface area contributed by atoms with Crippen LogP contribution in [-0.4, -0.2) is 12.1 Å². The highest BCUT2D eigenvalue weighted by atomic mass is 79.9. The Morgan fingerprint density at radius 1 is 1.46 bits per heavy atom. The molecule has 0 atom stereocenters. The lowest BCUT2D eigenvalue weighted by Gasteiger charge is -2.05. The fraction of sp³-hybridized carbons (Fsp3) is 0.200. The van der Waals surface area contributed by atoms with E-state index in [9.17, 15) is 9.59 Å². The topological polar surface area (TPSA) is 34.1 Å². The standard InChI is InChI=1S/C10H9BrO2/c1-6-9(5-12)8(7(2)13)3-4-10(6)11/h3-5H,1-2H3. The van der Waals surface area contributed by atoms with Gasteiger partial charge in [0.15, 0.2) is 12.1 Å². The molecule has 1 aromatic carbocycles. The molecular formula is C10H9BrO2. The summed E-state index contributed by atoms with van der Waals surface area (Å²) in [7, 11) is 0. The van der Waals surface area contributed by atoms with Crippen molar-refractivity contribution in [2.24, 2.45) is 0 Å². The highest BCUT2D eigenvalue weighted by molar-refractivity contribution is 9.10. The Bertz CT molecular complexity index is 369. The second-order valence-corrected chi connectivity index (χ2v) is 3.66. The minimum Gasteiger partial charge on any atom is -0.298 e.